The molecule has 4 aromatic heterocycles. The van der Waals surface area contributed by atoms with Crippen LogP contribution in [0.25, 0.3) is 97.9 Å². The summed E-state index contributed by atoms with van der Waals surface area (Å²) in [6.45, 7) is 0. The standard InChI is InChI=1S/C46H28N4S/c1-3-14-29(15-4-1)30-16-13-17-31(28-30)42-45-43(36-22-9-12-25-40(36)51-45)48-46(47-42)50-38-24-11-8-21-35(38)41-39(50)27-26-34-33-20-7-10-23-37(33)49(44(34)41)32-18-5-2-6-19-32/h1-28H. The van der Waals surface area contributed by atoms with Crippen LogP contribution in [0, 0.1) is 0 Å². The van der Waals surface area contributed by atoms with Crippen molar-refractivity contribution in [3.8, 4) is 34.0 Å². The van der Waals surface area contributed by atoms with Gasteiger partial charge >= 0.3 is 0 Å². The van der Waals surface area contributed by atoms with E-state index in [0.717, 1.165) is 49.1 Å². The summed E-state index contributed by atoms with van der Waals surface area (Å²) in [5.74, 6) is 0.666. The average molecular weight is 669 g/mol. The number of hydrogen-bond acceptors (Lipinski definition) is 3. The van der Waals surface area contributed by atoms with Gasteiger partial charge in [0.1, 0.15) is 0 Å². The predicted octanol–water partition coefficient (Wildman–Crippen LogP) is 12.4. The topological polar surface area (TPSA) is 35.6 Å². The minimum absolute atomic E-state index is 0.666. The van der Waals surface area contributed by atoms with Crippen LogP contribution in [0.2, 0.25) is 0 Å². The van der Waals surface area contributed by atoms with Crippen molar-refractivity contribution in [3.05, 3.63) is 170 Å². The van der Waals surface area contributed by atoms with E-state index in [1.807, 2.05) is 0 Å². The van der Waals surface area contributed by atoms with E-state index in [-0.39, 0.29) is 0 Å². The number of para-hydroxylation sites is 3. The molecule has 0 spiro atoms. The number of hydrogen-bond donors (Lipinski definition) is 0. The first-order valence-corrected chi connectivity index (χ1v) is 18.0. The van der Waals surface area contributed by atoms with Crippen molar-refractivity contribution in [1.82, 2.24) is 19.1 Å². The molecule has 0 atom stereocenters. The third kappa shape index (κ3) is 4.19. The smallest absolute Gasteiger partial charge is 0.235 e. The monoisotopic (exact) mass is 668 g/mol. The van der Waals surface area contributed by atoms with Crippen LogP contribution in [0.4, 0.5) is 0 Å². The molecule has 0 aliphatic rings. The van der Waals surface area contributed by atoms with Crippen LogP contribution in [0.5, 0.6) is 0 Å². The first-order valence-electron chi connectivity index (χ1n) is 17.2. The van der Waals surface area contributed by atoms with Gasteiger partial charge in [0.05, 0.1) is 38.0 Å². The minimum Gasteiger partial charge on any atom is -0.309 e. The lowest BCUT2D eigenvalue weighted by Crippen LogP contribution is -2.03. The van der Waals surface area contributed by atoms with Gasteiger partial charge in [0.25, 0.3) is 0 Å². The molecular weight excluding hydrogens is 641 g/mol. The molecule has 5 heteroatoms. The maximum Gasteiger partial charge on any atom is 0.235 e. The highest BCUT2D eigenvalue weighted by Gasteiger charge is 2.23. The van der Waals surface area contributed by atoms with Gasteiger partial charge in [-0.15, -0.1) is 11.3 Å². The molecule has 11 rings (SSSR count). The van der Waals surface area contributed by atoms with Crippen LogP contribution in [0.1, 0.15) is 0 Å². The summed E-state index contributed by atoms with van der Waals surface area (Å²) in [5, 5.41) is 5.97. The van der Waals surface area contributed by atoms with Crippen molar-refractivity contribution in [1.29, 1.82) is 0 Å². The molecule has 238 valence electrons. The zero-order chi connectivity index (χ0) is 33.5. The highest BCUT2D eigenvalue weighted by atomic mass is 32.1. The normalized spacial score (nSPS) is 11.9. The van der Waals surface area contributed by atoms with Crippen LogP contribution >= 0.6 is 11.3 Å². The lowest BCUT2D eigenvalue weighted by atomic mass is 10.0. The molecule has 0 aliphatic carbocycles. The highest BCUT2D eigenvalue weighted by molar-refractivity contribution is 7.26. The van der Waals surface area contributed by atoms with Gasteiger partial charge in [0.15, 0.2) is 0 Å². The molecule has 0 N–H and O–H groups in total. The van der Waals surface area contributed by atoms with Gasteiger partial charge in [0.2, 0.25) is 5.95 Å². The molecule has 51 heavy (non-hydrogen) atoms. The molecule has 0 saturated carbocycles. The fraction of sp³-hybridized carbons (Fsp3) is 0. The van der Waals surface area contributed by atoms with Gasteiger partial charge in [-0.1, -0.05) is 127 Å². The molecule has 0 radical (unpaired) electrons. The van der Waals surface area contributed by atoms with Crippen LogP contribution < -0.4 is 0 Å². The van der Waals surface area contributed by atoms with Gasteiger partial charge in [-0.2, -0.15) is 0 Å². The molecule has 0 aliphatic heterocycles. The second kappa shape index (κ2) is 11.0. The zero-order valence-electron chi connectivity index (χ0n) is 27.4. The van der Waals surface area contributed by atoms with Gasteiger partial charge in [0, 0.05) is 42.9 Å². The summed E-state index contributed by atoms with van der Waals surface area (Å²) in [6, 6.07) is 60.5. The maximum atomic E-state index is 5.50. The fourth-order valence-electron chi connectivity index (χ4n) is 7.92. The number of benzene rings is 7. The molecule has 0 unspecified atom stereocenters. The maximum absolute atomic E-state index is 5.50. The molecular formula is C46H28N4S. The third-order valence-electron chi connectivity index (χ3n) is 10.1. The second-order valence-corrected chi connectivity index (χ2v) is 14.0. The molecule has 0 bridgehead atoms. The lowest BCUT2D eigenvalue weighted by molar-refractivity contribution is 1.02. The van der Waals surface area contributed by atoms with Crippen molar-refractivity contribution < 1.29 is 0 Å². The van der Waals surface area contributed by atoms with E-state index < -0.39 is 0 Å². The summed E-state index contributed by atoms with van der Waals surface area (Å²) in [6.07, 6.45) is 0. The Hall–Kier alpha value is -6.56. The minimum atomic E-state index is 0.666. The Balaban J connectivity index is 1.27. The summed E-state index contributed by atoms with van der Waals surface area (Å²) in [7, 11) is 0. The first-order chi connectivity index (χ1) is 25.3. The number of fused-ring (bicyclic) bond motifs is 10. The van der Waals surface area contributed by atoms with Crippen LogP contribution in [-0.4, -0.2) is 19.1 Å². The Labute approximate surface area is 297 Å². The van der Waals surface area contributed by atoms with Gasteiger partial charge in [-0.3, -0.25) is 4.57 Å². The van der Waals surface area contributed by atoms with E-state index in [2.05, 4.69) is 179 Å². The third-order valence-corrected chi connectivity index (χ3v) is 11.3. The van der Waals surface area contributed by atoms with Crippen molar-refractivity contribution in [3.63, 3.8) is 0 Å². The van der Waals surface area contributed by atoms with E-state index >= 15 is 0 Å². The van der Waals surface area contributed by atoms with Crippen LogP contribution in [0.3, 0.4) is 0 Å². The summed E-state index contributed by atoms with van der Waals surface area (Å²) in [5.41, 5.74) is 11.0. The van der Waals surface area contributed by atoms with Crippen molar-refractivity contribution >= 4 is 75.3 Å². The van der Waals surface area contributed by atoms with Gasteiger partial charge < -0.3 is 4.57 Å². The average Bonchev–Trinajstić information content (AvgIpc) is 3.86. The molecule has 0 fully saturated rings. The molecule has 4 nitrogen and oxygen atoms in total. The van der Waals surface area contributed by atoms with Crippen LogP contribution in [0.15, 0.2) is 170 Å². The predicted molar refractivity (Wildman–Crippen MR) is 214 cm³/mol. The molecule has 7 aromatic carbocycles. The van der Waals surface area contributed by atoms with E-state index in [4.69, 9.17) is 9.97 Å². The zero-order valence-corrected chi connectivity index (χ0v) is 28.2. The first kappa shape index (κ1) is 28.3. The Morgan fingerprint density at radius 3 is 1.90 bits per heavy atom. The largest absolute Gasteiger partial charge is 0.309 e. The number of rotatable bonds is 4. The van der Waals surface area contributed by atoms with Crippen LogP contribution in [-0.2, 0) is 0 Å². The fourth-order valence-corrected chi connectivity index (χ4v) is 9.07. The van der Waals surface area contributed by atoms with Crippen molar-refractivity contribution in [2.24, 2.45) is 0 Å². The summed E-state index contributed by atoms with van der Waals surface area (Å²) in [4.78, 5) is 10.9. The van der Waals surface area contributed by atoms with E-state index in [1.54, 1.807) is 11.3 Å². The molecule has 0 amide bonds. The van der Waals surface area contributed by atoms with Crippen molar-refractivity contribution in [2.45, 2.75) is 0 Å². The Kier molecular flexibility index (Phi) is 6.09. The second-order valence-electron chi connectivity index (χ2n) is 13.0. The van der Waals surface area contributed by atoms with E-state index in [1.165, 1.54) is 42.8 Å². The number of aromatic nitrogens is 4. The van der Waals surface area contributed by atoms with Gasteiger partial charge in [-0.25, -0.2) is 9.97 Å². The summed E-state index contributed by atoms with van der Waals surface area (Å²) < 4.78 is 6.99. The summed E-state index contributed by atoms with van der Waals surface area (Å²) >= 11 is 1.76. The molecule has 4 heterocycles. The SMILES string of the molecule is c1ccc(-c2cccc(-c3nc(-n4c5ccccc5c5c4ccc4c6ccccc6n(-c6ccccc6)c45)nc4c3sc3ccccc34)c2)cc1. The lowest BCUT2D eigenvalue weighted by Gasteiger charge is -2.11. The Bertz CT molecular complexity index is 3130. The molecule has 11 aromatic rings. The van der Waals surface area contributed by atoms with E-state index in [0.29, 0.717) is 5.95 Å². The highest BCUT2D eigenvalue weighted by Crippen LogP contribution is 2.43. The Morgan fingerprint density at radius 2 is 1.08 bits per heavy atom. The Morgan fingerprint density at radius 1 is 0.431 bits per heavy atom. The number of nitrogens with zero attached hydrogens (tertiary/aromatic N) is 4. The molecule has 0 saturated heterocycles. The quantitative estimate of drug-likeness (QED) is 0.187. The van der Waals surface area contributed by atoms with E-state index in [9.17, 15) is 0 Å². The van der Waals surface area contributed by atoms with Gasteiger partial charge in [-0.05, 0) is 53.6 Å². The number of thiophene rings is 1. The van der Waals surface area contributed by atoms with Crippen molar-refractivity contribution in [2.75, 3.05) is 0 Å².